The molecule has 1 aromatic rings. The molecule has 1 aliphatic heterocycles. The summed E-state index contributed by atoms with van der Waals surface area (Å²) < 4.78 is 36.1. The van der Waals surface area contributed by atoms with Gasteiger partial charge in [-0.2, -0.15) is 0 Å². The van der Waals surface area contributed by atoms with Crippen molar-refractivity contribution in [2.24, 2.45) is 0 Å². The van der Waals surface area contributed by atoms with Gasteiger partial charge in [0.15, 0.2) is 11.5 Å². The fraction of sp³-hybridized carbons (Fsp3) is 0.500. The van der Waals surface area contributed by atoms with Gasteiger partial charge in [-0.1, -0.05) is 6.07 Å². The van der Waals surface area contributed by atoms with E-state index in [4.69, 9.17) is 9.47 Å². The first-order chi connectivity index (χ1) is 8.01. The summed E-state index contributed by atoms with van der Waals surface area (Å²) in [7, 11) is 0. The summed E-state index contributed by atoms with van der Waals surface area (Å²) in [6, 6.07) is 4.39. The third kappa shape index (κ3) is 2.34. The van der Waals surface area contributed by atoms with E-state index in [1.165, 1.54) is 12.1 Å². The second-order valence-electron chi connectivity index (χ2n) is 4.16. The van der Waals surface area contributed by atoms with Crippen molar-refractivity contribution in [3.05, 3.63) is 23.8 Å². The number of aliphatic hydroxyl groups is 1. The Morgan fingerprint density at radius 1 is 1.24 bits per heavy atom. The molecule has 1 aliphatic rings. The molecule has 2 rings (SSSR count). The van der Waals surface area contributed by atoms with Gasteiger partial charge in [0.1, 0.15) is 5.60 Å². The minimum Gasteiger partial charge on any atom is -0.490 e. The van der Waals surface area contributed by atoms with Gasteiger partial charge in [0.2, 0.25) is 0 Å². The van der Waals surface area contributed by atoms with Gasteiger partial charge in [0, 0.05) is 6.42 Å². The predicted octanol–water partition coefficient (Wildman–Crippen LogP) is 2.32. The Balaban J connectivity index is 2.35. The molecule has 0 aromatic heterocycles. The molecule has 1 aromatic carbocycles. The number of halogens is 2. The van der Waals surface area contributed by atoms with Crippen molar-refractivity contribution in [2.75, 3.05) is 13.2 Å². The van der Waals surface area contributed by atoms with E-state index in [0.29, 0.717) is 24.7 Å². The lowest BCUT2D eigenvalue weighted by molar-refractivity contribution is -0.0884. The summed E-state index contributed by atoms with van der Waals surface area (Å²) >= 11 is 0. The van der Waals surface area contributed by atoms with Crippen molar-refractivity contribution in [1.82, 2.24) is 0 Å². The van der Waals surface area contributed by atoms with Gasteiger partial charge in [-0.3, -0.25) is 0 Å². The number of hydrogen-bond acceptors (Lipinski definition) is 3. The van der Waals surface area contributed by atoms with Crippen molar-refractivity contribution >= 4 is 0 Å². The molecular weight excluding hydrogens is 230 g/mol. The van der Waals surface area contributed by atoms with Gasteiger partial charge in [0.25, 0.3) is 6.43 Å². The molecule has 1 heterocycles. The largest absolute Gasteiger partial charge is 0.490 e. The van der Waals surface area contributed by atoms with Crippen molar-refractivity contribution < 1.29 is 23.4 Å². The summed E-state index contributed by atoms with van der Waals surface area (Å²) in [5.41, 5.74) is -2.05. The summed E-state index contributed by atoms with van der Waals surface area (Å²) in [5.74, 6) is 0.928. The molecular formula is C12H14F2O3. The van der Waals surface area contributed by atoms with Gasteiger partial charge in [-0.15, -0.1) is 0 Å². The average Bonchev–Trinajstić information content (AvgIpc) is 2.52. The third-order valence-electron chi connectivity index (χ3n) is 2.76. The maximum Gasteiger partial charge on any atom is 0.270 e. The maximum atomic E-state index is 12.7. The summed E-state index contributed by atoms with van der Waals surface area (Å²) in [6.07, 6.45) is -2.11. The molecule has 5 heteroatoms. The van der Waals surface area contributed by atoms with E-state index in [1.807, 2.05) is 0 Å². The van der Waals surface area contributed by atoms with E-state index in [-0.39, 0.29) is 5.56 Å². The number of benzene rings is 1. The zero-order valence-corrected chi connectivity index (χ0v) is 9.45. The van der Waals surface area contributed by atoms with Gasteiger partial charge < -0.3 is 14.6 Å². The first-order valence-corrected chi connectivity index (χ1v) is 5.42. The van der Waals surface area contributed by atoms with Crippen LogP contribution in [0, 0.1) is 0 Å². The SMILES string of the molecule is CC(O)(c1ccc2c(c1)OCCCO2)C(F)F. The zero-order valence-electron chi connectivity index (χ0n) is 9.45. The molecule has 94 valence electrons. The first-order valence-electron chi connectivity index (χ1n) is 5.42. The molecule has 0 radical (unpaired) electrons. The molecule has 0 saturated heterocycles. The molecule has 0 saturated carbocycles. The van der Waals surface area contributed by atoms with Crippen LogP contribution in [-0.4, -0.2) is 24.7 Å². The quantitative estimate of drug-likeness (QED) is 0.867. The average molecular weight is 244 g/mol. The third-order valence-corrected chi connectivity index (χ3v) is 2.76. The highest BCUT2D eigenvalue weighted by Crippen LogP contribution is 2.36. The van der Waals surface area contributed by atoms with Crippen LogP contribution in [0.4, 0.5) is 8.78 Å². The molecule has 3 nitrogen and oxygen atoms in total. The second kappa shape index (κ2) is 4.49. The second-order valence-corrected chi connectivity index (χ2v) is 4.16. The Hall–Kier alpha value is -1.36. The number of alkyl halides is 2. The minimum atomic E-state index is -2.85. The summed E-state index contributed by atoms with van der Waals surface area (Å²) in [5, 5.41) is 9.69. The van der Waals surface area contributed by atoms with E-state index < -0.39 is 12.0 Å². The molecule has 1 N–H and O–H groups in total. The maximum absolute atomic E-state index is 12.7. The lowest BCUT2D eigenvalue weighted by Crippen LogP contribution is -2.30. The Bertz CT molecular complexity index is 405. The van der Waals surface area contributed by atoms with Crippen molar-refractivity contribution in [3.63, 3.8) is 0 Å². The van der Waals surface area contributed by atoms with Crippen LogP contribution in [0.1, 0.15) is 18.9 Å². The monoisotopic (exact) mass is 244 g/mol. The molecule has 0 amide bonds. The molecule has 1 atom stereocenters. The van der Waals surface area contributed by atoms with Crippen molar-refractivity contribution in [3.8, 4) is 11.5 Å². The molecule has 17 heavy (non-hydrogen) atoms. The Kier molecular flexibility index (Phi) is 3.19. The lowest BCUT2D eigenvalue weighted by Gasteiger charge is -2.23. The van der Waals surface area contributed by atoms with Crippen LogP contribution in [-0.2, 0) is 5.60 Å². The summed E-state index contributed by atoms with van der Waals surface area (Å²) in [4.78, 5) is 0. The summed E-state index contributed by atoms with van der Waals surface area (Å²) in [6.45, 7) is 2.10. The highest BCUT2D eigenvalue weighted by Gasteiger charge is 2.35. The number of rotatable bonds is 2. The smallest absolute Gasteiger partial charge is 0.270 e. The Labute approximate surface area is 98.0 Å². The predicted molar refractivity (Wildman–Crippen MR) is 57.6 cm³/mol. The Morgan fingerprint density at radius 3 is 2.53 bits per heavy atom. The minimum absolute atomic E-state index is 0.122. The lowest BCUT2D eigenvalue weighted by atomic mass is 9.96. The van der Waals surface area contributed by atoms with Crippen LogP contribution >= 0.6 is 0 Å². The van der Waals surface area contributed by atoms with E-state index >= 15 is 0 Å². The molecule has 0 spiro atoms. The van der Waals surface area contributed by atoms with E-state index in [0.717, 1.165) is 13.3 Å². The fourth-order valence-electron chi connectivity index (χ4n) is 1.60. The molecule has 0 fully saturated rings. The standard InChI is InChI=1S/C12H14F2O3/c1-12(15,11(13)14)8-3-4-9-10(7-8)17-6-2-5-16-9/h3-4,7,11,15H,2,5-6H2,1H3. The van der Waals surface area contributed by atoms with E-state index in [2.05, 4.69) is 0 Å². The highest BCUT2D eigenvalue weighted by molar-refractivity contribution is 5.45. The molecule has 1 unspecified atom stereocenters. The Morgan fingerprint density at radius 2 is 1.88 bits per heavy atom. The van der Waals surface area contributed by atoms with Gasteiger partial charge in [-0.25, -0.2) is 8.78 Å². The van der Waals surface area contributed by atoms with Gasteiger partial charge >= 0.3 is 0 Å². The van der Waals surface area contributed by atoms with Gasteiger partial charge in [0.05, 0.1) is 13.2 Å². The van der Waals surface area contributed by atoms with E-state index in [9.17, 15) is 13.9 Å². The first kappa shape index (κ1) is 12.1. The van der Waals surface area contributed by atoms with Crippen LogP contribution in [0.3, 0.4) is 0 Å². The van der Waals surface area contributed by atoms with Crippen molar-refractivity contribution in [2.45, 2.75) is 25.4 Å². The fourth-order valence-corrected chi connectivity index (χ4v) is 1.60. The normalized spacial score (nSPS) is 18.6. The van der Waals surface area contributed by atoms with Crippen LogP contribution in [0.25, 0.3) is 0 Å². The van der Waals surface area contributed by atoms with E-state index in [1.54, 1.807) is 6.07 Å². The van der Waals surface area contributed by atoms with Crippen LogP contribution in [0.15, 0.2) is 18.2 Å². The zero-order chi connectivity index (χ0) is 12.5. The van der Waals surface area contributed by atoms with Crippen molar-refractivity contribution in [1.29, 1.82) is 0 Å². The van der Waals surface area contributed by atoms with Crippen LogP contribution < -0.4 is 9.47 Å². The molecule has 0 bridgehead atoms. The van der Waals surface area contributed by atoms with Crippen LogP contribution in [0.2, 0.25) is 0 Å². The number of fused-ring (bicyclic) bond motifs is 1. The topological polar surface area (TPSA) is 38.7 Å². The van der Waals surface area contributed by atoms with Crippen LogP contribution in [0.5, 0.6) is 11.5 Å². The van der Waals surface area contributed by atoms with Gasteiger partial charge in [-0.05, 0) is 24.6 Å². The highest BCUT2D eigenvalue weighted by atomic mass is 19.3. The molecule has 0 aliphatic carbocycles. The number of ether oxygens (including phenoxy) is 2. The number of hydrogen-bond donors (Lipinski definition) is 1.